The number of H-pyrrole nitrogens is 1. The van der Waals surface area contributed by atoms with Crippen molar-refractivity contribution < 1.29 is 8.78 Å². The lowest BCUT2D eigenvalue weighted by Gasteiger charge is -2.30. The number of benzene rings is 3. The fourth-order valence-corrected chi connectivity index (χ4v) is 4.73. The summed E-state index contributed by atoms with van der Waals surface area (Å²) in [6.07, 6.45) is 0.662. The number of nitrogens with zero attached hydrogens (tertiary/aromatic N) is 5. The Morgan fingerprint density at radius 1 is 0.921 bits per heavy atom. The highest BCUT2D eigenvalue weighted by Crippen LogP contribution is 2.27. The van der Waals surface area contributed by atoms with E-state index >= 15 is 0 Å². The first-order valence-electron chi connectivity index (χ1n) is 12.5. The van der Waals surface area contributed by atoms with E-state index in [1.807, 2.05) is 38.1 Å². The molecule has 0 aliphatic heterocycles. The Hall–Kier alpha value is -4.24. The fourth-order valence-electron chi connectivity index (χ4n) is 4.73. The molecule has 0 radical (unpaired) electrons. The number of aryl methyl sites for hydroxylation is 1. The highest BCUT2D eigenvalue weighted by molar-refractivity contribution is 5.79. The van der Waals surface area contributed by atoms with E-state index in [1.54, 1.807) is 28.9 Å². The molecule has 5 aromatic rings. The van der Waals surface area contributed by atoms with Crippen LogP contribution in [0.1, 0.15) is 47.5 Å². The zero-order valence-electron chi connectivity index (χ0n) is 21.2. The van der Waals surface area contributed by atoms with Gasteiger partial charge in [0.25, 0.3) is 5.56 Å². The molecule has 0 saturated carbocycles. The minimum absolute atomic E-state index is 0.159. The van der Waals surface area contributed by atoms with Crippen molar-refractivity contribution in [2.75, 3.05) is 0 Å². The van der Waals surface area contributed by atoms with Gasteiger partial charge in [0.1, 0.15) is 11.6 Å². The zero-order valence-corrected chi connectivity index (χ0v) is 21.2. The van der Waals surface area contributed by atoms with Gasteiger partial charge in [0.05, 0.1) is 12.6 Å². The summed E-state index contributed by atoms with van der Waals surface area (Å²) in [5.41, 5.74) is 4.07. The molecule has 2 aromatic heterocycles. The summed E-state index contributed by atoms with van der Waals surface area (Å²) in [5.74, 6) is 0.0157. The van der Waals surface area contributed by atoms with E-state index in [9.17, 15) is 13.6 Å². The van der Waals surface area contributed by atoms with Crippen LogP contribution in [0.4, 0.5) is 8.78 Å². The molecule has 9 heteroatoms. The Balaban J connectivity index is 1.51. The van der Waals surface area contributed by atoms with Gasteiger partial charge in [-0.15, -0.1) is 5.10 Å². The van der Waals surface area contributed by atoms with Crippen LogP contribution < -0.4 is 5.56 Å². The summed E-state index contributed by atoms with van der Waals surface area (Å²) in [7, 11) is 0. The van der Waals surface area contributed by atoms with Gasteiger partial charge in [-0.3, -0.25) is 9.69 Å². The molecule has 1 N–H and O–H groups in total. The van der Waals surface area contributed by atoms with Gasteiger partial charge in [-0.25, -0.2) is 13.5 Å². The Bertz CT molecular complexity index is 1590. The summed E-state index contributed by atoms with van der Waals surface area (Å²) in [4.78, 5) is 18.2. The maximum absolute atomic E-state index is 13.6. The molecular weight excluding hydrogens is 486 g/mol. The number of nitrogens with one attached hydrogen (secondary N) is 1. The van der Waals surface area contributed by atoms with Gasteiger partial charge in [-0.2, -0.15) is 0 Å². The van der Waals surface area contributed by atoms with E-state index in [1.165, 1.54) is 24.3 Å². The normalized spacial score (nSPS) is 12.3. The molecule has 5 rings (SSSR count). The van der Waals surface area contributed by atoms with E-state index in [4.69, 9.17) is 0 Å². The van der Waals surface area contributed by atoms with Crippen molar-refractivity contribution in [3.63, 3.8) is 0 Å². The Morgan fingerprint density at radius 2 is 1.61 bits per heavy atom. The van der Waals surface area contributed by atoms with Crippen LogP contribution in [-0.2, 0) is 19.6 Å². The van der Waals surface area contributed by atoms with Crippen LogP contribution >= 0.6 is 0 Å². The molecule has 194 valence electrons. The number of hydrogen-bond donors (Lipinski definition) is 1. The monoisotopic (exact) mass is 514 g/mol. The maximum Gasteiger partial charge on any atom is 0.252 e. The van der Waals surface area contributed by atoms with Gasteiger partial charge in [0, 0.05) is 24.2 Å². The summed E-state index contributed by atoms with van der Waals surface area (Å²) in [6, 6.07) is 20.2. The Labute approximate surface area is 218 Å². The number of rotatable bonds is 9. The quantitative estimate of drug-likeness (QED) is 0.289. The first kappa shape index (κ1) is 25.4. The molecule has 0 saturated heterocycles. The summed E-state index contributed by atoms with van der Waals surface area (Å²) in [5, 5.41) is 13.4. The molecule has 0 spiro atoms. The molecule has 3 aromatic carbocycles. The number of hydrogen-bond acceptors (Lipinski definition) is 5. The van der Waals surface area contributed by atoms with Crippen molar-refractivity contribution in [2.24, 2.45) is 0 Å². The van der Waals surface area contributed by atoms with Crippen LogP contribution in [0.5, 0.6) is 0 Å². The SMILES string of the molecule is CCC(c1nnnn1Cc1ccc(F)cc1)N(Cc1ccc(F)cc1)Cc1cc2ccc(C)cc2[nH]c1=O. The lowest BCUT2D eigenvalue weighted by molar-refractivity contribution is 0.161. The molecule has 0 bridgehead atoms. The van der Waals surface area contributed by atoms with E-state index in [2.05, 4.69) is 25.4 Å². The molecule has 0 fully saturated rings. The van der Waals surface area contributed by atoms with Crippen LogP contribution in [0.3, 0.4) is 0 Å². The molecule has 38 heavy (non-hydrogen) atoms. The highest BCUT2D eigenvalue weighted by atomic mass is 19.1. The first-order chi connectivity index (χ1) is 18.4. The summed E-state index contributed by atoms with van der Waals surface area (Å²) in [6.45, 7) is 5.18. The largest absolute Gasteiger partial charge is 0.322 e. The molecule has 1 atom stereocenters. The van der Waals surface area contributed by atoms with E-state index in [0.717, 1.165) is 27.6 Å². The lowest BCUT2D eigenvalue weighted by atomic mass is 10.1. The Kier molecular flexibility index (Phi) is 7.37. The molecule has 0 amide bonds. The number of pyridine rings is 1. The first-order valence-corrected chi connectivity index (χ1v) is 12.5. The van der Waals surface area contributed by atoms with Gasteiger partial charge >= 0.3 is 0 Å². The topological polar surface area (TPSA) is 79.7 Å². The minimum Gasteiger partial charge on any atom is -0.322 e. The molecule has 0 aliphatic rings. The zero-order chi connectivity index (χ0) is 26.6. The van der Waals surface area contributed by atoms with Gasteiger partial charge in [-0.1, -0.05) is 43.3 Å². The number of tetrazole rings is 1. The fraction of sp³-hybridized carbons (Fsp3) is 0.241. The van der Waals surface area contributed by atoms with E-state index in [-0.39, 0.29) is 23.2 Å². The number of aromatic nitrogens is 5. The van der Waals surface area contributed by atoms with Crippen LogP contribution in [0, 0.1) is 18.6 Å². The second-order valence-corrected chi connectivity index (χ2v) is 9.49. The van der Waals surface area contributed by atoms with Crippen molar-refractivity contribution in [2.45, 2.75) is 45.9 Å². The lowest BCUT2D eigenvalue weighted by Crippen LogP contribution is -2.32. The smallest absolute Gasteiger partial charge is 0.252 e. The van der Waals surface area contributed by atoms with Crippen LogP contribution in [-0.4, -0.2) is 30.1 Å². The van der Waals surface area contributed by atoms with Gasteiger partial charge in [-0.05, 0) is 82.2 Å². The molecule has 0 aliphatic carbocycles. The summed E-state index contributed by atoms with van der Waals surface area (Å²) < 4.78 is 28.7. The molecule has 7 nitrogen and oxygen atoms in total. The van der Waals surface area contributed by atoms with Gasteiger partial charge in [0.15, 0.2) is 5.82 Å². The third kappa shape index (κ3) is 5.68. The van der Waals surface area contributed by atoms with Crippen molar-refractivity contribution >= 4 is 10.9 Å². The predicted octanol–water partition coefficient (Wildman–Crippen LogP) is 5.30. The Morgan fingerprint density at radius 3 is 2.29 bits per heavy atom. The van der Waals surface area contributed by atoms with Gasteiger partial charge < -0.3 is 4.98 Å². The second-order valence-electron chi connectivity index (χ2n) is 9.49. The molecule has 1 unspecified atom stereocenters. The standard InChI is InChI=1S/C29H28F2N6O/c1-3-27(28-33-34-35-37(28)17-21-7-12-25(31)13-8-21)36(16-20-5-10-24(30)11-6-20)18-23-15-22-9-4-19(2)14-26(22)32-29(23)38/h4-15,27H,3,16-18H2,1-2H3,(H,32,38). The number of fused-ring (bicyclic) bond motifs is 1. The van der Waals surface area contributed by atoms with E-state index in [0.29, 0.717) is 37.4 Å². The average Bonchev–Trinajstić information content (AvgIpc) is 3.35. The van der Waals surface area contributed by atoms with Gasteiger partial charge in [0.2, 0.25) is 0 Å². The van der Waals surface area contributed by atoms with Crippen molar-refractivity contribution in [3.8, 4) is 0 Å². The van der Waals surface area contributed by atoms with Crippen molar-refractivity contribution in [3.05, 3.63) is 123 Å². The van der Waals surface area contributed by atoms with E-state index < -0.39 is 0 Å². The minimum atomic E-state index is -0.308. The summed E-state index contributed by atoms with van der Waals surface area (Å²) >= 11 is 0. The van der Waals surface area contributed by atoms with Crippen molar-refractivity contribution in [1.29, 1.82) is 0 Å². The number of aromatic amines is 1. The molecule has 2 heterocycles. The van der Waals surface area contributed by atoms with Crippen LogP contribution in [0.15, 0.2) is 77.6 Å². The average molecular weight is 515 g/mol. The second kappa shape index (κ2) is 11.0. The third-order valence-corrected chi connectivity index (χ3v) is 6.68. The highest BCUT2D eigenvalue weighted by Gasteiger charge is 2.26. The predicted molar refractivity (Wildman–Crippen MR) is 141 cm³/mol. The third-order valence-electron chi connectivity index (χ3n) is 6.68. The van der Waals surface area contributed by atoms with Crippen molar-refractivity contribution in [1.82, 2.24) is 30.1 Å². The van der Waals surface area contributed by atoms with Crippen LogP contribution in [0.25, 0.3) is 10.9 Å². The maximum atomic E-state index is 13.6. The van der Waals surface area contributed by atoms with Crippen LogP contribution in [0.2, 0.25) is 0 Å². The molecular formula is C29H28F2N6O. The number of halogens is 2.